The molecular weight excluding hydrogens is 312 g/mol. The summed E-state index contributed by atoms with van der Waals surface area (Å²) in [6.07, 6.45) is 1.23. The molecule has 24 heavy (non-hydrogen) atoms. The van der Waals surface area contributed by atoms with Crippen molar-refractivity contribution in [2.24, 2.45) is 11.8 Å². The molecule has 130 valence electrons. The number of carbonyl (C=O) groups excluding carboxylic acids is 2. The van der Waals surface area contributed by atoms with Gasteiger partial charge < -0.3 is 24.8 Å². The summed E-state index contributed by atoms with van der Waals surface area (Å²) in [7, 11) is 0. The van der Waals surface area contributed by atoms with E-state index in [0.717, 1.165) is 6.42 Å². The van der Waals surface area contributed by atoms with Crippen molar-refractivity contribution in [1.82, 2.24) is 10.6 Å². The van der Waals surface area contributed by atoms with Crippen LogP contribution in [0.5, 0.6) is 17.2 Å². The largest absolute Gasteiger partial charge is 0.492 e. The molecule has 2 amide bonds. The highest BCUT2D eigenvalue weighted by Crippen LogP contribution is 2.37. The number of ether oxygens (including phenoxy) is 3. The fraction of sp³-hybridized carbons (Fsp3) is 0.529. The number of nitrogens with one attached hydrogen (secondary N) is 2. The second-order valence-electron chi connectivity index (χ2n) is 6.07. The lowest BCUT2D eigenvalue weighted by atomic mass is 10.3. The van der Waals surface area contributed by atoms with Crippen LogP contribution in [0.2, 0.25) is 0 Å². The van der Waals surface area contributed by atoms with E-state index in [1.807, 2.05) is 0 Å². The Morgan fingerprint density at radius 3 is 2.79 bits per heavy atom. The smallest absolute Gasteiger partial charge is 0.231 e. The van der Waals surface area contributed by atoms with Crippen LogP contribution in [-0.4, -0.2) is 38.3 Å². The summed E-state index contributed by atoms with van der Waals surface area (Å²) in [4.78, 5) is 23.3. The minimum Gasteiger partial charge on any atom is -0.492 e. The Morgan fingerprint density at radius 2 is 2.00 bits per heavy atom. The SMILES string of the molecule is C[C@H]1C[C@H]1C(=O)NCCC(=O)NCCOc1ccc2c(c1)OCO2. The van der Waals surface area contributed by atoms with Gasteiger partial charge in [0.25, 0.3) is 0 Å². The lowest BCUT2D eigenvalue weighted by Crippen LogP contribution is -2.33. The van der Waals surface area contributed by atoms with Gasteiger partial charge in [-0.25, -0.2) is 0 Å². The number of rotatable bonds is 8. The van der Waals surface area contributed by atoms with Gasteiger partial charge in [-0.05, 0) is 24.5 Å². The zero-order valence-electron chi connectivity index (χ0n) is 13.7. The van der Waals surface area contributed by atoms with Gasteiger partial charge in [-0.1, -0.05) is 6.92 Å². The van der Waals surface area contributed by atoms with Crippen molar-refractivity contribution in [2.75, 3.05) is 26.5 Å². The summed E-state index contributed by atoms with van der Waals surface area (Å²) in [6.45, 7) is 3.41. The van der Waals surface area contributed by atoms with Gasteiger partial charge in [0.05, 0.1) is 6.54 Å². The maximum atomic E-state index is 11.7. The molecule has 2 atom stereocenters. The van der Waals surface area contributed by atoms with E-state index in [9.17, 15) is 9.59 Å². The number of amides is 2. The topological polar surface area (TPSA) is 85.9 Å². The van der Waals surface area contributed by atoms with Crippen molar-refractivity contribution in [3.05, 3.63) is 18.2 Å². The lowest BCUT2D eigenvalue weighted by Gasteiger charge is -2.09. The van der Waals surface area contributed by atoms with Crippen LogP contribution in [0, 0.1) is 11.8 Å². The van der Waals surface area contributed by atoms with E-state index in [-0.39, 0.29) is 30.9 Å². The Labute approximate surface area is 140 Å². The second-order valence-corrected chi connectivity index (χ2v) is 6.07. The molecule has 1 saturated carbocycles. The molecule has 0 aromatic heterocycles. The Balaban J connectivity index is 1.26. The minimum atomic E-state index is -0.103. The fourth-order valence-corrected chi connectivity index (χ4v) is 2.53. The third-order valence-corrected chi connectivity index (χ3v) is 4.13. The van der Waals surface area contributed by atoms with E-state index in [4.69, 9.17) is 14.2 Å². The van der Waals surface area contributed by atoms with E-state index < -0.39 is 0 Å². The molecule has 1 fully saturated rings. The summed E-state index contributed by atoms with van der Waals surface area (Å²) >= 11 is 0. The Hall–Kier alpha value is -2.44. The van der Waals surface area contributed by atoms with Gasteiger partial charge in [-0.15, -0.1) is 0 Å². The van der Waals surface area contributed by atoms with Crippen LogP contribution < -0.4 is 24.8 Å². The van der Waals surface area contributed by atoms with Crippen LogP contribution in [0.15, 0.2) is 18.2 Å². The molecule has 1 aromatic carbocycles. The lowest BCUT2D eigenvalue weighted by molar-refractivity contribution is -0.123. The third kappa shape index (κ3) is 4.31. The molecule has 0 saturated heterocycles. The summed E-state index contributed by atoms with van der Waals surface area (Å²) in [5, 5.41) is 5.55. The maximum absolute atomic E-state index is 11.7. The molecule has 0 bridgehead atoms. The van der Waals surface area contributed by atoms with Crippen molar-refractivity contribution >= 4 is 11.8 Å². The van der Waals surface area contributed by atoms with E-state index in [1.54, 1.807) is 18.2 Å². The number of fused-ring (bicyclic) bond motifs is 1. The van der Waals surface area contributed by atoms with Crippen molar-refractivity contribution in [3.63, 3.8) is 0 Å². The fourth-order valence-electron chi connectivity index (χ4n) is 2.53. The van der Waals surface area contributed by atoms with E-state index in [0.29, 0.717) is 42.9 Å². The summed E-state index contributed by atoms with van der Waals surface area (Å²) in [5.41, 5.74) is 0. The van der Waals surface area contributed by atoms with E-state index >= 15 is 0 Å². The number of benzene rings is 1. The summed E-state index contributed by atoms with van der Waals surface area (Å²) < 4.78 is 16.0. The highest BCUT2D eigenvalue weighted by atomic mass is 16.7. The normalized spacial score (nSPS) is 20.4. The van der Waals surface area contributed by atoms with Gasteiger partial charge in [-0.2, -0.15) is 0 Å². The van der Waals surface area contributed by atoms with Gasteiger partial charge in [0, 0.05) is 24.9 Å². The second kappa shape index (κ2) is 7.42. The van der Waals surface area contributed by atoms with Crippen LogP contribution in [0.1, 0.15) is 19.8 Å². The van der Waals surface area contributed by atoms with Gasteiger partial charge in [0.1, 0.15) is 12.4 Å². The summed E-state index contributed by atoms with van der Waals surface area (Å²) in [5.74, 6) is 2.61. The van der Waals surface area contributed by atoms with Gasteiger partial charge in [-0.3, -0.25) is 9.59 Å². The van der Waals surface area contributed by atoms with Crippen LogP contribution in [0.3, 0.4) is 0 Å². The molecule has 1 aromatic rings. The van der Waals surface area contributed by atoms with Crippen LogP contribution in [-0.2, 0) is 9.59 Å². The maximum Gasteiger partial charge on any atom is 0.231 e. The van der Waals surface area contributed by atoms with Crippen molar-refractivity contribution in [3.8, 4) is 17.2 Å². The molecule has 2 aliphatic rings. The first-order valence-electron chi connectivity index (χ1n) is 8.20. The number of hydrogen-bond acceptors (Lipinski definition) is 5. The zero-order chi connectivity index (χ0) is 16.9. The van der Waals surface area contributed by atoms with Crippen LogP contribution >= 0.6 is 0 Å². The predicted octanol–water partition coefficient (Wildman–Crippen LogP) is 1.07. The highest BCUT2D eigenvalue weighted by molar-refractivity contribution is 5.82. The quantitative estimate of drug-likeness (QED) is 0.695. The monoisotopic (exact) mass is 334 g/mol. The molecular formula is C17H22N2O5. The number of hydrogen-bond donors (Lipinski definition) is 2. The van der Waals surface area contributed by atoms with Gasteiger partial charge in [0.15, 0.2) is 11.5 Å². The van der Waals surface area contributed by atoms with E-state index in [2.05, 4.69) is 17.6 Å². The molecule has 7 nitrogen and oxygen atoms in total. The molecule has 0 spiro atoms. The average molecular weight is 334 g/mol. The third-order valence-electron chi connectivity index (χ3n) is 4.13. The molecule has 7 heteroatoms. The van der Waals surface area contributed by atoms with Crippen molar-refractivity contribution in [2.45, 2.75) is 19.8 Å². The first kappa shape index (κ1) is 16.4. The molecule has 3 rings (SSSR count). The highest BCUT2D eigenvalue weighted by Gasteiger charge is 2.38. The molecule has 0 unspecified atom stereocenters. The summed E-state index contributed by atoms with van der Waals surface area (Å²) in [6, 6.07) is 5.35. The zero-order valence-corrected chi connectivity index (χ0v) is 13.7. The molecule has 2 N–H and O–H groups in total. The Bertz CT molecular complexity index is 619. The molecule has 0 radical (unpaired) electrons. The minimum absolute atomic E-state index is 0.0569. The molecule has 1 aliphatic carbocycles. The first-order valence-corrected chi connectivity index (χ1v) is 8.20. The molecule has 1 aliphatic heterocycles. The average Bonchev–Trinajstić information content (AvgIpc) is 3.12. The van der Waals surface area contributed by atoms with Gasteiger partial charge >= 0.3 is 0 Å². The Kier molecular flexibility index (Phi) is 5.08. The predicted molar refractivity (Wildman–Crippen MR) is 86.0 cm³/mol. The standard InChI is InChI=1S/C17H22N2O5/c1-11-8-13(11)17(21)19-5-4-16(20)18-6-7-22-12-2-3-14-15(9-12)24-10-23-14/h2-3,9,11,13H,4-8,10H2,1H3,(H,18,20)(H,19,21)/t11-,13+/m0/s1. The molecule has 1 heterocycles. The first-order chi connectivity index (χ1) is 11.6. The van der Waals surface area contributed by atoms with Gasteiger partial charge in [0.2, 0.25) is 18.6 Å². The van der Waals surface area contributed by atoms with Crippen LogP contribution in [0.25, 0.3) is 0 Å². The van der Waals surface area contributed by atoms with Crippen molar-refractivity contribution in [1.29, 1.82) is 0 Å². The number of carbonyl (C=O) groups is 2. The Morgan fingerprint density at radius 1 is 1.21 bits per heavy atom. The van der Waals surface area contributed by atoms with Crippen LogP contribution in [0.4, 0.5) is 0 Å². The van der Waals surface area contributed by atoms with E-state index in [1.165, 1.54) is 0 Å². The van der Waals surface area contributed by atoms with Crippen molar-refractivity contribution < 1.29 is 23.8 Å².